The smallest absolute Gasteiger partial charge is 0.261 e. The number of H-pyrrole nitrogens is 2. The van der Waals surface area contributed by atoms with Gasteiger partial charge >= 0.3 is 0 Å². The molecule has 1 aliphatic rings. The fourth-order valence-corrected chi connectivity index (χ4v) is 5.70. The van der Waals surface area contributed by atoms with E-state index in [9.17, 15) is 8.78 Å². The first-order valence-corrected chi connectivity index (χ1v) is 13.0. The molecule has 1 fully saturated rings. The number of aromatic amines is 2. The zero-order chi connectivity index (χ0) is 25.9. The van der Waals surface area contributed by atoms with Gasteiger partial charge in [-0.3, -0.25) is 15.0 Å². The highest BCUT2D eigenvalue weighted by atomic mass is 32.1. The highest BCUT2D eigenvalue weighted by Crippen LogP contribution is 2.34. The summed E-state index contributed by atoms with van der Waals surface area (Å²) >= 11 is 1.61. The van der Waals surface area contributed by atoms with Crippen LogP contribution in [0.4, 0.5) is 13.2 Å². The molecular weight excluding hydrogens is 511 g/mol. The minimum absolute atomic E-state index is 0.142. The van der Waals surface area contributed by atoms with Gasteiger partial charge in [-0.2, -0.15) is 16.4 Å². The number of likely N-dealkylation sites (tertiary alicyclic amines) is 1. The van der Waals surface area contributed by atoms with Gasteiger partial charge in [-0.1, -0.05) is 0 Å². The number of nitrogens with one attached hydrogen (secondary N) is 2. The van der Waals surface area contributed by atoms with Crippen LogP contribution in [0.2, 0.25) is 0 Å². The Morgan fingerprint density at radius 1 is 1.08 bits per heavy atom. The minimum Gasteiger partial charge on any atom is -0.335 e. The Bertz CT molecular complexity index is 1790. The lowest BCUT2D eigenvalue weighted by atomic mass is 10.0. The van der Waals surface area contributed by atoms with E-state index in [2.05, 4.69) is 35.5 Å². The summed E-state index contributed by atoms with van der Waals surface area (Å²) in [4.78, 5) is 18.4. The number of rotatable bonds is 5. The number of thiophene rings is 1. The van der Waals surface area contributed by atoms with Crippen molar-refractivity contribution in [2.24, 2.45) is 0 Å². The maximum absolute atomic E-state index is 15.2. The van der Waals surface area contributed by atoms with Crippen LogP contribution in [0.3, 0.4) is 0 Å². The van der Waals surface area contributed by atoms with Crippen LogP contribution in [0.1, 0.15) is 12.0 Å². The van der Waals surface area contributed by atoms with Crippen LogP contribution in [0.15, 0.2) is 59.7 Å². The Balaban J connectivity index is 1.27. The average molecular weight is 532 g/mol. The van der Waals surface area contributed by atoms with E-state index in [-0.39, 0.29) is 18.5 Å². The largest absolute Gasteiger partial charge is 0.335 e. The van der Waals surface area contributed by atoms with Crippen molar-refractivity contribution in [3.63, 3.8) is 0 Å². The van der Waals surface area contributed by atoms with Crippen molar-refractivity contribution >= 4 is 33.4 Å². The Morgan fingerprint density at radius 2 is 2.00 bits per heavy atom. The molecule has 6 aromatic rings. The summed E-state index contributed by atoms with van der Waals surface area (Å²) in [6.07, 6.45) is 4.87. The molecule has 0 radical (unpaired) electrons. The van der Waals surface area contributed by atoms with Crippen LogP contribution in [-0.2, 0) is 6.54 Å². The average Bonchev–Trinajstić information content (AvgIpc) is 3.70. The minimum atomic E-state index is -2.66. The Labute approximate surface area is 218 Å². The number of hydrogen-bond acceptors (Lipinski definition) is 6. The van der Waals surface area contributed by atoms with E-state index in [1.807, 2.05) is 29.6 Å². The summed E-state index contributed by atoms with van der Waals surface area (Å²) in [6, 6.07) is 9.07. The fraction of sp³-hybridized carbons (Fsp3) is 0.185. The lowest BCUT2D eigenvalue weighted by molar-refractivity contribution is 0.0115. The lowest BCUT2D eigenvalue weighted by Crippen LogP contribution is -2.24. The first-order chi connectivity index (χ1) is 18.4. The molecule has 1 saturated heterocycles. The fourth-order valence-electron chi connectivity index (χ4n) is 5.04. The molecule has 11 heteroatoms. The van der Waals surface area contributed by atoms with Gasteiger partial charge in [-0.05, 0) is 57.8 Å². The van der Waals surface area contributed by atoms with Crippen molar-refractivity contribution in [3.8, 4) is 33.8 Å². The number of halogens is 3. The highest BCUT2D eigenvalue weighted by Gasteiger charge is 2.37. The van der Waals surface area contributed by atoms with Crippen molar-refractivity contribution in [2.45, 2.75) is 18.9 Å². The number of aromatic nitrogens is 6. The van der Waals surface area contributed by atoms with Crippen LogP contribution in [0, 0.1) is 5.82 Å². The zero-order valence-electron chi connectivity index (χ0n) is 19.9. The zero-order valence-corrected chi connectivity index (χ0v) is 20.7. The number of nitrogens with zero attached hydrogens (tertiary/aromatic N) is 5. The van der Waals surface area contributed by atoms with E-state index in [0.29, 0.717) is 46.8 Å². The second kappa shape index (κ2) is 8.74. The van der Waals surface area contributed by atoms with Crippen LogP contribution in [-0.4, -0.2) is 54.0 Å². The van der Waals surface area contributed by atoms with E-state index in [0.717, 1.165) is 22.2 Å². The number of benzene rings is 1. The lowest BCUT2D eigenvalue weighted by Gasteiger charge is -2.15. The second-order valence-electron chi connectivity index (χ2n) is 9.51. The molecule has 1 aromatic carbocycles. The molecule has 0 bridgehead atoms. The standard InChI is InChI=1S/C27H20F3N7S/c28-21-9-17(18-7-15(10-31-11-18)12-37-5-3-27(29,30)14-37)8-20-22(21)35-36-24(20)26-33-23-19(16-2-6-38-13-16)1-4-32-25(23)34-26/h1-2,4,6-11,13H,3,5,12,14H2,(H,35,36)(H,32,33,34). The number of fused-ring (bicyclic) bond motifs is 2. The second-order valence-corrected chi connectivity index (χ2v) is 10.3. The van der Waals surface area contributed by atoms with E-state index >= 15 is 4.39 Å². The first kappa shape index (κ1) is 23.1. The van der Waals surface area contributed by atoms with Crippen molar-refractivity contribution in [1.82, 2.24) is 35.0 Å². The van der Waals surface area contributed by atoms with Crippen LogP contribution in [0.5, 0.6) is 0 Å². The SMILES string of the molecule is Fc1cc(-c2cncc(CN3CCC(F)(F)C3)c2)cc2c(-c3nc4nccc(-c5ccsc5)c4[nH]3)[nH]nc12. The number of alkyl halides is 2. The Kier molecular flexibility index (Phi) is 5.31. The topological polar surface area (TPSA) is 86.4 Å². The van der Waals surface area contributed by atoms with Crippen molar-refractivity contribution in [2.75, 3.05) is 13.1 Å². The van der Waals surface area contributed by atoms with Crippen LogP contribution in [0.25, 0.3) is 55.8 Å². The van der Waals surface area contributed by atoms with Gasteiger partial charge in [-0.15, -0.1) is 0 Å². The van der Waals surface area contributed by atoms with Gasteiger partial charge in [0.15, 0.2) is 17.3 Å². The van der Waals surface area contributed by atoms with E-state index in [4.69, 9.17) is 0 Å². The number of pyridine rings is 2. The molecule has 38 heavy (non-hydrogen) atoms. The molecule has 7 nitrogen and oxygen atoms in total. The number of hydrogen-bond donors (Lipinski definition) is 2. The molecule has 0 spiro atoms. The molecule has 1 aliphatic heterocycles. The van der Waals surface area contributed by atoms with Gasteiger partial charge < -0.3 is 4.98 Å². The van der Waals surface area contributed by atoms with Crippen LogP contribution < -0.4 is 0 Å². The summed E-state index contributed by atoms with van der Waals surface area (Å²) in [6.45, 7) is 0.421. The molecule has 0 amide bonds. The van der Waals surface area contributed by atoms with E-state index in [1.165, 1.54) is 6.07 Å². The van der Waals surface area contributed by atoms with Crippen molar-refractivity contribution in [1.29, 1.82) is 0 Å². The van der Waals surface area contributed by atoms with Crippen molar-refractivity contribution in [3.05, 3.63) is 71.1 Å². The normalized spacial score (nSPS) is 15.7. The van der Waals surface area contributed by atoms with Gasteiger partial charge in [0.25, 0.3) is 5.92 Å². The molecular formula is C27H20F3N7S. The maximum Gasteiger partial charge on any atom is 0.261 e. The van der Waals surface area contributed by atoms with Gasteiger partial charge in [0.05, 0.1) is 12.1 Å². The molecule has 5 aromatic heterocycles. The molecule has 0 atom stereocenters. The monoisotopic (exact) mass is 531 g/mol. The van der Waals surface area contributed by atoms with Gasteiger partial charge in [-0.25, -0.2) is 23.1 Å². The molecule has 6 heterocycles. The quantitative estimate of drug-likeness (QED) is 0.274. The predicted octanol–water partition coefficient (Wildman–Crippen LogP) is 6.27. The molecule has 7 rings (SSSR count). The van der Waals surface area contributed by atoms with Gasteiger partial charge in [0.2, 0.25) is 0 Å². The van der Waals surface area contributed by atoms with E-state index in [1.54, 1.807) is 34.8 Å². The Hall–Kier alpha value is -4.09. The van der Waals surface area contributed by atoms with Crippen LogP contribution >= 0.6 is 11.3 Å². The summed E-state index contributed by atoms with van der Waals surface area (Å²) in [5.41, 5.74) is 6.18. The Morgan fingerprint density at radius 3 is 2.82 bits per heavy atom. The molecule has 2 N–H and O–H groups in total. The molecule has 0 saturated carbocycles. The summed E-state index contributed by atoms with van der Waals surface area (Å²) in [7, 11) is 0. The maximum atomic E-state index is 15.2. The summed E-state index contributed by atoms with van der Waals surface area (Å²) in [5, 5.41) is 11.8. The van der Waals surface area contributed by atoms with Gasteiger partial charge in [0.1, 0.15) is 11.2 Å². The number of imidazole rings is 1. The molecule has 0 unspecified atom stereocenters. The summed E-state index contributed by atoms with van der Waals surface area (Å²) in [5.74, 6) is -2.65. The molecule has 0 aliphatic carbocycles. The highest BCUT2D eigenvalue weighted by molar-refractivity contribution is 7.08. The van der Waals surface area contributed by atoms with Crippen molar-refractivity contribution < 1.29 is 13.2 Å². The predicted molar refractivity (Wildman–Crippen MR) is 140 cm³/mol. The third kappa shape index (κ3) is 4.04. The third-order valence-corrected chi connectivity index (χ3v) is 7.54. The van der Waals surface area contributed by atoms with E-state index < -0.39 is 11.7 Å². The third-order valence-electron chi connectivity index (χ3n) is 6.86. The summed E-state index contributed by atoms with van der Waals surface area (Å²) < 4.78 is 42.4. The molecule has 190 valence electrons. The first-order valence-electron chi connectivity index (χ1n) is 12.0. The van der Waals surface area contributed by atoms with Gasteiger partial charge in [0, 0.05) is 54.6 Å².